The van der Waals surface area contributed by atoms with Crippen LogP contribution in [0.3, 0.4) is 0 Å². The molecule has 0 amide bonds. The summed E-state index contributed by atoms with van der Waals surface area (Å²) in [6.45, 7) is 2.28. The van der Waals surface area contributed by atoms with Crippen LogP contribution in [0.5, 0.6) is 0 Å². The number of unbranched alkanes of at least 4 members (excludes halogenated alkanes) is 4. The van der Waals surface area contributed by atoms with E-state index in [4.69, 9.17) is 5.11 Å². The lowest BCUT2D eigenvalue weighted by Crippen LogP contribution is -2.21. The van der Waals surface area contributed by atoms with Gasteiger partial charge in [-0.25, -0.2) is 4.79 Å². The van der Waals surface area contributed by atoms with E-state index >= 15 is 0 Å². The number of rotatable bonds is 7. The van der Waals surface area contributed by atoms with E-state index in [-0.39, 0.29) is 5.56 Å². The summed E-state index contributed by atoms with van der Waals surface area (Å²) in [7, 11) is 0. The molecule has 4 heteroatoms. The number of ketones is 1. The molecule has 178 valence electrons. The zero-order valence-electron chi connectivity index (χ0n) is 20.0. The maximum Gasteiger partial charge on any atom is 0.338 e. The molecule has 2 aromatic carbocycles. The third kappa shape index (κ3) is 5.49. The predicted molar refractivity (Wildman–Crippen MR) is 134 cm³/mol. The van der Waals surface area contributed by atoms with Gasteiger partial charge in [-0.15, -0.1) is 0 Å². The van der Waals surface area contributed by atoms with Crippen molar-refractivity contribution in [2.24, 2.45) is 5.92 Å². The van der Waals surface area contributed by atoms with Crippen LogP contribution in [-0.4, -0.2) is 16.9 Å². The Morgan fingerprint density at radius 2 is 1.82 bits per heavy atom. The van der Waals surface area contributed by atoms with Crippen LogP contribution in [0.2, 0.25) is 0 Å². The summed E-state index contributed by atoms with van der Waals surface area (Å²) < 4.78 is 4.49. The number of Topliss-reactive ketones (excluding diaryl/α,β-unsaturated/α-hetero) is 1. The van der Waals surface area contributed by atoms with Gasteiger partial charge >= 0.3 is 5.97 Å². The van der Waals surface area contributed by atoms with Gasteiger partial charge in [0, 0.05) is 12.0 Å². The fourth-order valence-corrected chi connectivity index (χ4v) is 5.34. The molecule has 1 unspecified atom stereocenters. The van der Waals surface area contributed by atoms with Gasteiger partial charge in [0.05, 0.1) is 11.8 Å². The van der Waals surface area contributed by atoms with Crippen molar-refractivity contribution in [3.05, 3.63) is 82.8 Å². The molecule has 1 heterocycles. The Kier molecular flexibility index (Phi) is 7.99. The third-order valence-corrected chi connectivity index (χ3v) is 7.14. The molecule has 0 bridgehead atoms. The van der Waals surface area contributed by atoms with Gasteiger partial charge in [-0.3, -0.25) is 4.79 Å². The monoisotopic (exact) mass is 458 g/mol. The van der Waals surface area contributed by atoms with Gasteiger partial charge in [-0.1, -0.05) is 81.8 Å². The summed E-state index contributed by atoms with van der Waals surface area (Å²) >= 11 is 0. The van der Waals surface area contributed by atoms with E-state index in [0.29, 0.717) is 12.2 Å². The van der Waals surface area contributed by atoms with Crippen LogP contribution in [-0.2, 0) is 19.3 Å². The van der Waals surface area contributed by atoms with Crippen molar-refractivity contribution in [1.82, 2.24) is 0 Å². The summed E-state index contributed by atoms with van der Waals surface area (Å²) in [6, 6.07) is 14.3. The number of carboxylic acid groups (broad SMARTS) is 1. The van der Waals surface area contributed by atoms with Gasteiger partial charge in [0.2, 0.25) is 0 Å². The molecule has 34 heavy (non-hydrogen) atoms. The highest BCUT2D eigenvalue weighted by Gasteiger charge is 2.29. The molecule has 0 radical (unpaired) electrons. The van der Waals surface area contributed by atoms with Gasteiger partial charge in [0.25, 0.3) is 0 Å². The quantitative estimate of drug-likeness (QED) is 0.371. The largest absolute Gasteiger partial charge is 0.478 e. The smallest absolute Gasteiger partial charge is 0.338 e. The SMILES string of the molecule is CCCCCCCC1CCc2c(ccc3c2C(=O)Cc2ccccc2-3)C1.O=C(O)c1ccoc1. The van der Waals surface area contributed by atoms with Crippen LogP contribution in [0, 0.1) is 5.92 Å². The molecule has 0 fully saturated rings. The highest BCUT2D eigenvalue weighted by atomic mass is 16.4. The first-order valence-electron chi connectivity index (χ1n) is 12.6. The Bertz CT molecular complexity index is 1130. The molecule has 0 saturated heterocycles. The topological polar surface area (TPSA) is 67.5 Å². The molecule has 3 aromatic rings. The molecule has 1 aromatic heterocycles. The van der Waals surface area contributed by atoms with E-state index in [1.807, 2.05) is 6.07 Å². The molecule has 2 aliphatic rings. The van der Waals surface area contributed by atoms with Crippen LogP contribution >= 0.6 is 0 Å². The first kappa shape index (κ1) is 24.0. The standard InChI is InChI=1S/C25H30O.C5H4O3/c1-2-3-4-5-6-9-18-12-14-22-20(16-18)13-15-23-21-11-8-7-10-19(21)17-24(26)25(22)23;6-5(7)4-1-2-8-3-4/h7-8,10-11,13,15,18H,2-6,9,12,14,16-17H2,1H3;1-3H,(H,6,7). The summed E-state index contributed by atoms with van der Waals surface area (Å²) in [5, 5.41) is 8.21. The molecule has 2 aliphatic carbocycles. The number of aromatic carboxylic acids is 1. The lowest BCUT2D eigenvalue weighted by Gasteiger charge is -2.29. The highest BCUT2D eigenvalue weighted by Crippen LogP contribution is 2.40. The summed E-state index contributed by atoms with van der Waals surface area (Å²) in [4.78, 5) is 22.9. The normalized spacial score (nSPS) is 16.0. The average molecular weight is 459 g/mol. The fourth-order valence-electron chi connectivity index (χ4n) is 5.34. The van der Waals surface area contributed by atoms with Crippen molar-refractivity contribution in [2.45, 2.75) is 71.1 Å². The van der Waals surface area contributed by atoms with Crippen LogP contribution < -0.4 is 0 Å². The molecule has 5 rings (SSSR count). The first-order chi connectivity index (χ1) is 16.6. The van der Waals surface area contributed by atoms with Gasteiger partial charge in [0.15, 0.2) is 5.78 Å². The van der Waals surface area contributed by atoms with Crippen LogP contribution in [0.25, 0.3) is 11.1 Å². The molecule has 0 spiro atoms. The van der Waals surface area contributed by atoms with Gasteiger partial charge in [0.1, 0.15) is 6.26 Å². The van der Waals surface area contributed by atoms with Gasteiger partial charge < -0.3 is 9.52 Å². The van der Waals surface area contributed by atoms with E-state index in [9.17, 15) is 9.59 Å². The molecule has 0 saturated carbocycles. The lowest BCUT2D eigenvalue weighted by atomic mass is 9.74. The number of carboxylic acids is 1. The highest BCUT2D eigenvalue weighted by molar-refractivity contribution is 6.08. The summed E-state index contributed by atoms with van der Waals surface area (Å²) in [5.74, 6) is 0.181. The van der Waals surface area contributed by atoms with Crippen LogP contribution in [0.4, 0.5) is 0 Å². The van der Waals surface area contributed by atoms with E-state index < -0.39 is 5.97 Å². The van der Waals surface area contributed by atoms with E-state index in [1.165, 1.54) is 97.8 Å². The zero-order chi connectivity index (χ0) is 23.9. The van der Waals surface area contributed by atoms with Crippen molar-refractivity contribution in [2.75, 3.05) is 0 Å². The van der Waals surface area contributed by atoms with Crippen molar-refractivity contribution >= 4 is 11.8 Å². The van der Waals surface area contributed by atoms with Gasteiger partial charge in [-0.2, -0.15) is 0 Å². The number of hydrogen-bond donors (Lipinski definition) is 1. The fraction of sp³-hybridized carbons (Fsp3) is 0.400. The second-order valence-corrected chi connectivity index (χ2v) is 9.51. The van der Waals surface area contributed by atoms with E-state index in [2.05, 4.69) is 41.7 Å². The summed E-state index contributed by atoms with van der Waals surface area (Å²) in [6.07, 6.45) is 14.8. The Morgan fingerprint density at radius 3 is 2.56 bits per heavy atom. The molecule has 0 aliphatic heterocycles. The molecular weight excluding hydrogens is 424 g/mol. The Balaban J connectivity index is 0.000000291. The van der Waals surface area contributed by atoms with Crippen molar-refractivity contribution in [1.29, 1.82) is 0 Å². The van der Waals surface area contributed by atoms with E-state index in [1.54, 1.807) is 0 Å². The molecule has 4 nitrogen and oxygen atoms in total. The summed E-state index contributed by atoms with van der Waals surface area (Å²) in [5.41, 5.74) is 7.67. The number of benzene rings is 2. The minimum Gasteiger partial charge on any atom is -0.478 e. The first-order valence-corrected chi connectivity index (χ1v) is 12.6. The number of fused-ring (bicyclic) bond motifs is 5. The minimum atomic E-state index is -0.959. The Labute approximate surface area is 202 Å². The van der Waals surface area contributed by atoms with Crippen LogP contribution in [0.1, 0.15) is 89.3 Å². The van der Waals surface area contributed by atoms with Crippen molar-refractivity contribution < 1.29 is 19.1 Å². The second kappa shape index (κ2) is 11.3. The molecule has 1 N–H and O–H groups in total. The number of carbonyl (C=O) groups excluding carboxylic acids is 1. The Hall–Kier alpha value is -3.14. The van der Waals surface area contributed by atoms with Crippen molar-refractivity contribution in [3.8, 4) is 11.1 Å². The lowest BCUT2D eigenvalue weighted by molar-refractivity contribution is 0.0696. The zero-order valence-corrected chi connectivity index (χ0v) is 20.0. The van der Waals surface area contributed by atoms with Gasteiger partial charge in [-0.05, 0) is 59.1 Å². The predicted octanol–water partition coefficient (Wildman–Crippen LogP) is 7.54. The molecular formula is C30H34O4. The van der Waals surface area contributed by atoms with E-state index in [0.717, 1.165) is 17.9 Å². The number of carbonyl (C=O) groups is 2. The number of hydrogen-bond acceptors (Lipinski definition) is 3. The second-order valence-electron chi connectivity index (χ2n) is 9.51. The maximum absolute atomic E-state index is 12.9. The number of furan rings is 1. The average Bonchev–Trinajstić information content (AvgIpc) is 3.39. The maximum atomic E-state index is 12.9. The third-order valence-electron chi connectivity index (χ3n) is 7.14. The molecule has 1 atom stereocenters. The van der Waals surface area contributed by atoms with Crippen molar-refractivity contribution in [3.63, 3.8) is 0 Å². The Morgan fingerprint density at radius 1 is 1.00 bits per heavy atom. The van der Waals surface area contributed by atoms with Crippen LogP contribution in [0.15, 0.2) is 59.4 Å². The minimum absolute atomic E-state index is 0.185.